The average molecular weight is 441 g/mol. The molecule has 1 fully saturated rings. The molecule has 0 saturated heterocycles. The lowest BCUT2D eigenvalue weighted by atomic mass is 10.1. The molecule has 0 atom stereocenters. The second-order valence-electron chi connectivity index (χ2n) is 8.34. The molecule has 1 aliphatic heterocycles. The first-order valence-electron chi connectivity index (χ1n) is 11.1. The highest BCUT2D eigenvalue weighted by atomic mass is 32.2. The van der Waals surface area contributed by atoms with E-state index in [1.54, 1.807) is 11.9 Å². The zero-order chi connectivity index (χ0) is 20.9. The fraction of sp³-hybridized carbons (Fsp3) is 0.480. The van der Waals surface area contributed by atoms with Gasteiger partial charge in [-0.1, -0.05) is 56.2 Å². The van der Waals surface area contributed by atoms with Crippen molar-refractivity contribution in [3.63, 3.8) is 0 Å². The highest BCUT2D eigenvalue weighted by molar-refractivity contribution is 8.00. The van der Waals surface area contributed by atoms with Crippen molar-refractivity contribution in [2.75, 3.05) is 34.8 Å². The largest absolute Gasteiger partial charge is 0.319 e. The summed E-state index contributed by atoms with van der Waals surface area (Å²) in [5.74, 6) is 2.36. The molecule has 2 aromatic rings. The fourth-order valence-electron chi connectivity index (χ4n) is 4.16. The third-order valence-corrected chi connectivity index (χ3v) is 7.99. The third kappa shape index (κ3) is 5.17. The quantitative estimate of drug-likeness (QED) is 0.234. The molecule has 5 heteroatoms. The van der Waals surface area contributed by atoms with Crippen molar-refractivity contribution in [2.24, 2.45) is 5.92 Å². The smallest absolute Gasteiger partial charge is 0.260 e. The van der Waals surface area contributed by atoms with E-state index in [0.29, 0.717) is 0 Å². The van der Waals surface area contributed by atoms with Gasteiger partial charge in [0.15, 0.2) is 0 Å². The van der Waals surface area contributed by atoms with Crippen molar-refractivity contribution >= 4 is 41.0 Å². The van der Waals surface area contributed by atoms with Crippen LogP contribution in [0.25, 0.3) is 0 Å². The predicted octanol–water partition coefficient (Wildman–Crippen LogP) is 6.67. The topological polar surface area (TPSA) is 23.6 Å². The number of fused-ring (bicyclic) bond motifs is 1. The van der Waals surface area contributed by atoms with E-state index in [0.717, 1.165) is 35.8 Å². The number of rotatable bonds is 10. The molecule has 160 valence electrons. The highest BCUT2D eigenvalue weighted by Crippen LogP contribution is 2.36. The monoisotopic (exact) mass is 440 g/mol. The number of para-hydroxylation sites is 1. The van der Waals surface area contributed by atoms with E-state index in [1.807, 2.05) is 54.2 Å². The lowest BCUT2D eigenvalue weighted by Crippen LogP contribution is -2.30. The SMILES string of the molecule is CSN(C)c1ccccc1C(=O)N1CCc2cc(SCCCCCC3CC3)ccc21. The first-order chi connectivity index (χ1) is 14.7. The third-order valence-electron chi connectivity index (χ3n) is 6.16. The number of nitrogens with zero attached hydrogens (tertiary/aromatic N) is 2. The van der Waals surface area contributed by atoms with Crippen molar-refractivity contribution in [1.29, 1.82) is 0 Å². The molecule has 0 N–H and O–H groups in total. The van der Waals surface area contributed by atoms with Gasteiger partial charge in [0, 0.05) is 30.4 Å². The Kier molecular flexibility index (Phi) is 7.32. The van der Waals surface area contributed by atoms with Gasteiger partial charge >= 0.3 is 0 Å². The summed E-state index contributed by atoms with van der Waals surface area (Å²) in [6.45, 7) is 0.765. The van der Waals surface area contributed by atoms with Crippen LogP contribution in [0.3, 0.4) is 0 Å². The van der Waals surface area contributed by atoms with E-state index in [2.05, 4.69) is 22.5 Å². The maximum Gasteiger partial charge on any atom is 0.260 e. The Morgan fingerprint density at radius 2 is 1.97 bits per heavy atom. The molecule has 0 spiro atoms. The van der Waals surface area contributed by atoms with Gasteiger partial charge in [0.05, 0.1) is 11.3 Å². The molecule has 1 heterocycles. The molecule has 2 aromatic carbocycles. The first-order valence-corrected chi connectivity index (χ1v) is 13.3. The average Bonchev–Trinajstić information content (AvgIpc) is 3.52. The number of hydrogen-bond donors (Lipinski definition) is 0. The number of carbonyl (C=O) groups excluding carboxylic acids is 1. The van der Waals surface area contributed by atoms with Gasteiger partial charge in [-0.15, -0.1) is 11.8 Å². The number of amides is 1. The molecule has 30 heavy (non-hydrogen) atoms. The van der Waals surface area contributed by atoms with Crippen LogP contribution < -0.4 is 9.21 Å². The van der Waals surface area contributed by atoms with Gasteiger partial charge < -0.3 is 9.21 Å². The Morgan fingerprint density at radius 3 is 2.77 bits per heavy atom. The molecule has 1 amide bonds. The van der Waals surface area contributed by atoms with Crippen molar-refractivity contribution in [1.82, 2.24) is 0 Å². The number of thioether (sulfide) groups is 1. The van der Waals surface area contributed by atoms with Crippen molar-refractivity contribution in [3.05, 3.63) is 53.6 Å². The van der Waals surface area contributed by atoms with Crippen LogP contribution in [-0.4, -0.2) is 31.5 Å². The van der Waals surface area contributed by atoms with Crippen LogP contribution in [0.5, 0.6) is 0 Å². The van der Waals surface area contributed by atoms with E-state index in [9.17, 15) is 4.79 Å². The van der Waals surface area contributed by atoms with Gasteiger partial charge in [0.25, 0.3) is 5.91 Å². The van der Waals surface area contributed by atoms with Gasteiger partial charge in [-0.05, 0) is 60.4 Å². The molecule has 0 unspecified atom stereocenters. The van der Waals surface area contributed by atoms with Crippen LogP contribution in [0, 0.1) is 5.92 Å². The van der Waals surface area contributed by atoms with E-state index < -0.39 is 0 Å². The van der Waals surface area contributed by atoms with Crippen LogP contribution in [-0.2, 0) is 6.42 Å². The second-order valence-corrected chi connectivity index (χ2v) is 10.4. The lowest BCUT2D eigenvalue weighted by Gasteiger charge is -2.23. The molecule has 0 aromatic heterocycles. The zero-order valence-electron chi connectivity index (χ0n) is 18.1. The number of benzene rings is 2. The summed E-state index contributed by atoms with van der Waals surface area (Å²) in [7, 11) is 2.00. The normalized spacial score (nSPS) is 15.3. The molecule has 4 rings (SSSR count). The zero-order valence-corrected chi connectivity index (χ0v) is 19.7. The highest BCUT2D eigenvalue weighted by Gasteiger charge is 2.27. The predicted molar refractivity (Wildman–Crippen MR) is 132 cm³/mol. The minimum absolute atomic E-state index is 0.0984. The molecule has 1 saturated carbocycles. The first kappa shape index (κ1) is 21.6. The summed E-state index contributed by atoms with van der Waals surface area (Å²) >= 11 is 3.58. The summed E-state index contributed by atoms with van der Waals surface area (Å²) < 4.78 is 2.05. The number of hydrogen-bond acceptors (Lipinski definition) is 4. The molecule has 3 nitrogen and oxygen atoms in total. The van der Waals surface area contributed by atoms with Crippen LogP contribution in [0.15, 0.2) is 47.4 Å². The summed E-state index contributed by atoms with van der Waals surface area (Å²) in [5.41, 5.74) is 4.12. The van der Waals surface area contributed by atoms with Gasteiger partial charge in [-0.25, -0.2) is 0 Å². The van der Waals surface area contributed by atoms with Gasteiger partial charge in [-0.2, -0.15) is 0 Å². The second kappa shape index (κ2) is 10.1. The van der Waals surface area contributed by atoms with Gasteiger partial charge in [-0.3, -0.25) is 4.79 Å². The molecular weight excluding hydrogens is 408 g/mol. The number of unbranched alkanes of at least 4 members (excludes halogenated alkanes) is 2. The molecule has 0 bridgehead atoms. The Balaban J connectivity index is 1.37. The van der Waals surface area contributed by atoms with E-state index >= 15 is 0 Å². The Bertz CT molecular complexity index is 881. The van der Waals surface area contributed by atoms with Crippen molar-refractivity contribution in [2.45, 2.75) is 49.8 Å². The summed E-state index contributed by atoms with van der Waals surface area (Å²) in [5, 5.41) is 0. The van der Waals surface area contributed by atoms with Crippen molar-refractivity contribution < 1.29 is 4.79 Å². The molecule has 1 aliphatic carbocycles. The Hall–Kier alpha value is -1.59. The molecule has 0 radical (unpaired) electrons. The number of carbonyl (C=O) groups is 1. The standard InChI is InChI=1S/C25H32N2OS2/c1-26(29-2)24-10-6-5-9-22(24)25(28)27-16-15-20-18-21(13-14-23(20)27)30-17-7-3-4-8-19-11-12-19/h5-6,9-10,13-14,18-19H,3-4,7-8,11-12,15-17H2,1-2H3. The minimum atomic E-state index is 0.0984. The van der Waals surface area contributed by atoms with Gasteiger partial charge in [0.2, 0.25) is 0 Å². The van der Waals surface area contributed by atoms with E-state index in [-0.39, 0.29) is 5.91 Å². The van der Waals surface area contributed by atoms with Crippen LogP contribution >= 0.6 is 23.7 Å². The summed E-state index contributed by atoms with van der Waals surface area (Å²) in [6.07, 6.45) is 11.4. The van der Waals surface area contributed by atoms with E-state index in [1.165, 1.54) is 54.7 Å². The van der Waals surface area contributed by atoms with Crippen LogP contribution in [0.1, 0.15) is 54.4 Å². The molecule has 2 aliphatic rings. The summed E-state index contributed by atoms with van der Waals surface area (Å²) in [4.78, 5) is 16.6. The maximum atomic E-state index is 13.3. The Morgan fingerprint density at radius 1 is 1.13 bits per heavy atom. The Labute approximate surface area is 189 Å². The van der Waals surface area contributed by atoms with Crippen molar-refractivity contribution in [3.8, 4) is 0 Å². The fourth-order valence-corrected chi connectivity index (χ4v) is 5.49. The maximum absolute atomic E-state index is 13.3. The van der Waals surface area contributed by atoms with Crippen LogP contribution in [0.4, 0.5) is 11.4 Å². The molecular formula is C25H32N2OS2. The number of anilines is 2. The summed E-state index contributed by atoms with van der Waals surface area (Å²) in [6, 6.07) is 14.5. The minimum Gasteiger partial charge on any atom is -0.319 e. The van der Waals surface area contributed by atoms with E-state index in [4.69, 9.17) is 0 Å². The van der Waals surface area contributed by atoms with Crippen LogP contribution in [0.2, 0.25) is 0 Å². The van der Waals surface area contributed by atoms with Gasteiger partial charge in [0.1, 0.15) is 0 Å². The lowest BCUT2D eigenvalue weighted by molar-refractivity contribution is 0.0990.